The predicted octanol–water partition coefficient (Wildman–Crippen LogP) is 3.55. The molecule has 0 radical (unpaired) electrons. The molecule has 0 saturated carbocycles. The number of nitrogens with zero attached hydrogens (tertiary/aromatic N) is 1. The fraction of sp³-hybridized carbons (Fsp3) is 0.500. The van der Waals surface area contributed by atoms with Crippen molar-refractivity contribution in [3.8, 4) is 5.75 Å². The molecule has 124 valence electrons. The molecule has 4 nitrogen and oxygen atoms in total. The van der Waals surface area contributed by atoms with Gasteiger partial charge in [0.25, 0.3) is 0 Å². The number of methoxy groups -OCH3 is 1. The van der Waals surface area contributed by atoms with Gasteiger partial charge in [0.15, 0.2) is 0 Å². The fourth-order valence-corrected chi connectivity index (χ4v) is 4.27. The standard InChI is InChI=1S/C18H24N2O2S/c1-11(17(21)13-7-9-14(22-3)10-8-13)19-15-5-4-6-16-18(15)23-12(2)20-16/h7-11,15,17,19,21H,4-6H2,1-3H3. The highest BCUT2D eigenvalue weighted by molar-refractivity contribution is 7.11. The fourth-order valence-electron chi connectivity index (χ4n) is 3.20. The molecule has 23 heavy (non-hydrogen) atoms. The van der Waals surface area contributed by atoms with E-state index >= 15 is 0 Å². The van der Waals surface area contributed by atoms with E-state index in [4.69, 9.17) is 4.74 Å². The zero-order valence-electron chi connectivity index (χ0n) is 13.9. The van der Waals surface area contributed by atoms with Gasteiger partial charge in [0.2, 0.25) is 0 Å². The van der Waals surface area contributed by atoms with Crippen LogP contribution in [0.15, 0.2) is 24.3 Å². The van der Waals surface area contributed by atoms with E-state index in [1.807, 2.05) is 31.2 Å². The van der Waals surface area contributed by atoms with Crippen LogP contribution in [-0.2, 0) is 6.42 Å². The van der Waals surface area contributed by atoms with Gasteiger partial charge in [0.05, 0.1) is 23.9 Å². The summed E-state index contributed by atoms with van der Waals surface area (Å²) in [5, 5.41) is 15.4. The van der Waals surface area contributed by atoms with Crippen LogP contribution in [-0.4, -0.2) is 23.2 Å². The summed E-state index contributed by atoms with van der Waals surface area (Å²) in [6.45, 7) is 4.10. The second-order valence-electron chi connectivity index (χ2n) is 6.16. The Labute approximate surface area is 141 Å². The Kier molecular flexibility index (Phi) is 4.99. The molecule has 1 aromatic carbocycles. The Morgan fingerprint density at radius 3 is 2.78 bits per heavy atom. The van der Waals surface area contributed by atoms with Gasteiger partial charge in [-0.15, -0.1) is 11.3 Å². The molecular formula is C18H24N2O2S. The second-order valence-corrected chi connectivity index (χ2v) is 7.40. The molecule has 5 heteroatoms. The van der Waals surface area contributed by atoms with E-state index in [9.17, 15) is 5.11 Å². The van der Waals surface area contributed by atoms with Crippen molar-refractivity contribution in [3.63, 3.8) is 0 Å². The highest BCUT2D eigenvalue weighted by atomic mass is 32.1. The van der Waals surface area contributed by atoms with Gasteiger partial charge in [-0.05, 0) is 50.8 Å². The Morgan fingerprint density at radius 1 is 1.35 bits per heavy atom. The molecule has 1 heterocycles. The highest BCUT2D eigenvalue weighted by Gasteiger charge is 2.27. The summed E-state index contributed by atoms with van der Waals surface area (Å²) in [5.41, 5.74) is 2.14. The number of aromatic nitrogens is 1. The number of aliphatic hydroxyl groups is 1. The van der Waals surface area contributed by atoms with Crippen LogP contribution in [0.1, 0.15) is 53.1 Å². The molecule has 1 aliphatic carbocycles. The first-order valence-corrected chi connectivity index (χ1v) is 8.94. The number of aryl methyl sites for hydroxylation is 2. The Balaban J connectivity index is 1.70. The third-order valence-corrected chi connectivity index (χ3v) is 5.58. The average molecular weight is 332 g/mol. The zero-order chi connectivity index (χ0) is 16.4. The molecule has 1 aliphatic rings. The molecule has 0 fully saturated rings. The summed E-state index contributed by atoms with van der Waals surface area (Å²) >= 11 is 1.78. The highest BCUT2D eigenvalue weighted by Crippen LogP contribution is 2.35. The molecule has 1 aromatic heterocycles. The molecule has 3 unspecified atom stereocenters. The van der Waals surface area contributed by atoms with Crippen LogP contribution < -0.4 is 10.1 Å². The lowest BCUT2D eigenvalue weighted by molar-refractivity contribution is 0.127. The number of hydrogen-bond acceptors (Lipinski definition) is 5. The first-order chi connectivity index (χ1) is 11.1. The lowest BCUT2D eigenvalue weighted by Gasteiger charge is -2.29. The van der Waals surface area contributed by atoms with Gasteiger partial charge in [-0.3, -0.25) is 0 Å². The summed E-state index contributed by atoms with van der Waals surface area (Å²) in [5.74, 6) is 0.804. The maximum Gasteiger partial charge on any atom is 0.118 e. The van der Waals surface area contributed by atoms with Gasteiger partial charge in [0.1, 0.15) is 5.75 Å². The maximum absolute atomic E-state index is 10.6. The van der Waals surface area contributed by atoms with E-state index in [1.54, 1.807) is 18.4 Å². The van der Waals surface area contributed by atoms with E-state index < -0.39 is 6.10 Å². The molecule has 3 rings (SSSR count). The predicted molar refractivity (Wildman–Crippen MR) is 93.1 cm³/mol. The third-order valence-electron chi connectivity index (χ3n) is 4.45. The largest absolute Gasteiger partial charge is 0.497 e. The lowest BCUT2D eigenvalue weighted by atomic mass is 9.95. The maximum atomic E-state index is 10.6. The van der Waals surface area contributed by atoms with Crippen molar-refractivity contribution in [2.24, 2.45) is 0 Å². The Morgan fingerprint density at radius 2 is 2.09 bits per heavy atom. The number of nitrogens with one attached hydrogen (secondary N) is 1. The van der Waals surface area contributed by atoms with Crippen LogP contribution >= 0.6 is 11.3 Å². The van der Waals surface area contributed by atoms with Crippen molar-refractivity contribution >= 4 is 11.3 Å². The van der Waals surface area contributed by atoms with Gasteiger partial charge < -0.3 is 15.2 Å². The van der Waals surface area contributed by atoms with Crippen molar-refractivity contribution in [1.29, 1.82) is 0 Å². The minimum atomic E-state index is -0.541. The summed E-state index contributed by atoms with van der Waals surface area (Å²) in [7, 11) is 1.65. The zero-order valence-corrected chi connectivity index (χ0v) is 14.7. The third kappa shape index (κ3) is 3.57. The van der Waals surface area contributed by atoms with Crippen LogP contribution in [0.4, 0.5) is 0 Å². The number of benzene rings is 1. The average Bonchev–Trinajstić information content (AvgIpc) is 2.95. The summed E-state index contributed by atoms with van der Waals surface area (Å²) in [6, 6.07) is 7.89. The van der Waals surface area contributed by atoms with Gasteiger partial charge in [-0.25, -0.2) is 4.98 Å². The first kappa shape index (κ1) is 16.4. The smallest absolute Gasteiger partial charge is 0.118 e. The molecule has 0 saturated heterocycles. The van der Waals surface area contributed by atoms with Crippen molar-refractivity contribution in [2.75, 3.05) is 7.11 Å². The molecular weight excluding hydrogens is 308 g/mol. The first-order valence-electron chi connectivity index (χ1n) is 8.12. The van der Waals surface area contributed by atoms with E-state index in [-0.39, 0.29) is 6.04 Å². The molecule has 2 N–H and O–H groups in total. The van der Waals surface area contributed by atoms with Gasteiger partial charge in [-0.1, -0.05) is 12.1 Å². The monoisotopic (exact) mass is 332 g/mol. The number of aliphatic hydroxyl groups excluding tert-OH is 1. The number of rotatable bonds is 5. The quantitative estimate of drug-likeness (QED) is 0.879. The minimum Gasteiger partial charge on any atom is -0.497 e. The van der Waals surface area contributed by atoms with E-state index in [1.165, 1.54) is 10.6 Å². The minimum absolute atomic E-state index is 0.0262. The summed E-state index contributed by atoms with van der Waals surface area (Å²) in [6.07, 6.45) is 2.79. The van der Waals surface area contributed by atoms with Crippen LogP contribution in [0.3, 0.4) is 0 Å². The van der Waals surface area contributed by atoms with Crippen LogP contribution in [0.2, 0.25) is 0 Å². The van der Waals surface area contributed by atoms with E-state index in [0.717, 1.165) is 35.6 Å². The van der Waals surface area contributed by atoms with Crippen LogP contribution in [0.5, 0.6) is 5.75 Å². The molecule has 0 bridgehead atoms. The number of hydrogen-bond donors (Lipinski definition) is 2. The number of ether oxygens (including phenoxy) is 1. The topological polar surface area (TPSA) is 54.4 Å². The summed E-state index contributed by atoms with van der Waals surface area (Å²) < 4.78 is 5.17. The number of thiazole rings is 1. The molecule has 3 atom stereocenters. The van der Waals surface area contributed by atoms with Crippen molar-refractivity contribution < 1.29 is 9.84 Å². The SMILES string of the molecule is COc1ccc(C(O)C(C)NC2CCCc3nc(C)sc32)cc1. The van der Waals surface area contributed by atoms with Gasteiger partial charge in [-0.2, -0.15) is 0 Å². The van der Waals surface area contributed by atoms with Gasteiger partial charge in [0, 0.05) is 17.0 Å². The van der Waals surface area contributed by atoms with Crippen molar-refractivity contribution in [3.05, 3.63) is 45.4 Å². The number of fused-ring (bicyclic) bond motifs is 1. The molecule has 2 aromatic rings. The van der Waals surface area contributed by atoms with E-state index in [2.05, 4.69) is 17.2 Å². The normalized spacial score (nSPS) is 19.9. The molecule has 0 spiro atoms. The van der Waals surface area contributed by atoms with Crippen molar-refractivity contribution in [1.82, 2.24) is 10.3 Å². The second kappa shape index (κ2) is 6.99. The van der Waals surface area contributed by atoms with Crippen LogP contribution in [0.25, 0.3) is 0 Å². The van der Waals surface area contributed by atoms with Crippen molar-refractivity contribution in [2.45, 2.75) is 51.3 Å². The Bertz CT molecular complexity index is 654. The molecule has 0 aliphatic heterocycles. The van der Waals surface area contributed by atoms with Crippen LogP contribution in [0, 0.1) is 6.92 Å². The van der Waals surface area contributed by atoms with E-state index in [0.29, 0.717) is 6.04 Å². The summed E-state index contributed by atoms with van der Waals surface area (Å²) in [4.78, 5) is 5.98. The lowest BCUT2D eigenvalue weighted by Crippen LogP contribution is -2.36. The Hall–Kier alpha value is -1.43. The molecule has 0 amide bonds. The van der Waals surface area contributed by atoms with Gasteiger partial charge >= 0.3 is 0 Å².